The van der Waals surface area contributed by atoms with Crippen molar-refractivity contribution in [1.29, 1.82) is 0 Å². The molecule has 1 aliphatic carbocycles. The molecule has 2 N–H and O–H groups in total. The average Bonchev–Trinajstić information content (AvgIpc) is 3.83. The maximum absolute atomic E-state index is 13.7. The van der Waals surface area contributed by atoms with E-state index in [0.717, 1.165) is 54.7 Å². The highest BCUT2D eigenvalue weighted by atomic mass is 16.2. The van der Waals surface area contributed by atoms with Gasteiger partial charge in [-0.3, -0.25) is 14.4 Å². The van der Waals surface area contributed by atoms with Crippen LogP contribution >= 0.6 is 0 Å². The van der Waals surface area contributed by atoms with Crippen LogP contribution in [0, 0.1) is 6.92 Å². The number of pyridine rings is 1. The van der Waals surface area contributed by atoms with Crippen LogP contribution in [0.4, 0.5) is 0 Å². The van der Waals surface area contributed by atoms with Crippen LogP contribution in [0.25, 0.3) is 21.9 Å². The molecule has 1 aromatic heterocycles. The van der Waals surface area contributed by atoms with E-state index in [-0.39, 0.29) is 23.4 Å². The van der Waals surface area contributed by atoms with Gasteiger partial charge in [-0.15, -0.1) is 0 Å². The summed E-state index contributed by atoms with van der Waals surface area (Å²) in [5.74, 6) is -0.262. The molecule has 0 unspecified atom stereocenters. The van der Waals surface area contributed by atoms with E-state index in [9.17, 15) is 14.4 Å². The smallest absolute Gasteiger partial charge is 0.258 e. The van der Waals surface area contributed by atoms with Gasteiger partial charge in [0.2, 0.25) is 0 Å². The number of amides is 2. The minimum Gasteiger partial charge on any atom is -0.351 e. The lowest BCUT2D eigenvalue weighted by molar-refractivity contribution is 0.0941. The van der Waals surface area contributed by atoms with E-state index in [1.54, 1.807) is 10.8 Å². The van der Waals surface area contributed by atoms with Crippen molar-refractivity contribution in [2.24, 2.45) is 0 Å². The van der Waals surface area contributed by atoms with Crippen molar-refractivity contribution in [3.8, 4) is 11.1 Å². The standard InChI is InChI=1S/C35H38N4O3/c1-24-10-11-27(33(40)37-28-13-14-28)21-30(24)26-12-15-29-31(20-26)32(34(41)36-16-19-38-17-6-3-7-18-38)23-39(35(29)42)22-25-8-4-2-5-9-25/h2,4-5,8-12,15,20-21,23,28H,3,6-7,13-14,16-19,22H2,1H3,(H,36,41)(H,37,40). The molecule has 7 heteroatoms. The van der Waals surface area contributed by atoms with Gasteiger partial charge in [0.05, 0.1) is 12.1 Å². The SMILES string of the molecule is Cc1ccc(C(=O)NC2CC2)cc1-c1ccc2c(=O)n(Cc3ccccc3)cc(C(=O)NCCN3CCCCC3)c2c1. The molecule has 2 amide bonds. The predicted octanol–water partition coefficient (Wildman–Crippen LogP) is 5.13. The lowest BCUT2D eigenvalue weighted by Gasteiger charge is -2.26. The quantitative estimate of drug-likeness (QED) is 0.296. The van der Waals surface area contributed by atoms with Crippen molar-refractivity contribution in [1.82, 2.24) is 20.1 Å². The number of carbonyl (C=O) groups excluding carboxylic acids is 2. The number of benzene rings is 3. The summed E-state index contributed by atoms with van der Waals surface area (Å²) >= 11 is 0. The lowest BCUT2D eigenvalue weighted by Crippen LogP contribution is -2.38. The van der Waals surface area contributed by atoms with Crippen LogP contribution in [-0.4, -0.2) is 53.5 Å². The summed E-state index contributed by atoms with van der Waals surface area (Å²) in [6.45, 7) is 5.89. The summed E-state index contributed by atoms with van der Waals surface area (Å²) in [6, 6.07) is 21.4. The number of nitrogens with one attached hydrogen (secondary N) is 2. The van der Waals surface area contributed by atoms with Crippen LogP contribution in [0.2, 0.25) is 0 Å². The van der Waals surface area contributed by atoms with Gasteiger partial charge < -0.3 is 20.1 Å². The maximum atomic E-state index is 13.7. The Labute approximate surface area is 246 Å². The van der Waals surface area contributed by atoms with E-state index in [4.69, 9.17) is 0 Å². The van der Waals surface area contributed by atoms with Crippen molar-refractivity contribution in [2.75, 3.05) is 26.2 Å². The van der Waals surface area contributed by atoms with Gasteiger partial charge in [0.15, 0.2) is 0 Å². The van der Waals surface area contributed by atoms with Gasteiger partial charge in [-0.1, -0.05) is 48.9 Å². The first kappa shape index (κ1) is 27.9. The van der Waals surface area contributed by atoms with Crippen molar-refractivity contribution in [3.63, 3.8) is 0 Å². The van der Waals surface area contributed by atoms with E-state index in [1.807, 2.05) is 73.7 Å². The molecule has 1 aliphatic heterocycles. The molecule has 216 valence electrons. The van der Waals surface area contributed by atoms with Gasteiger partial charge in [0.25, 0.3) is 17.4 Å². The molecule has 1 saturated heterocycles. The van der Waals surface area contributed by atoms with Crippen molar-refractivity contribution in [3.05, 3.63) is 106 Å². The molecule has 4 aromatic rings. The number of nitrogens with zero attached hydrogens (tertiary/aromatic N) is 2. The van der Waals surface area contributed by atoms with Crippen molar-refractivity contribution in [2.45, 2.75) is 51.6 Å². The third-order valence-corrected chi connectivity index (χ3v) is 8.41. The highest BCUT2D eigenvalue weighted by Gasteiger charge is 2.24. The van der Waals surface area contributed by atoms with Crippen LogP contribution in [0.1, 0.15) is 63.9 Å². The fourth-order valence-corrected chi connectivity index (χ4v) is 5.81. The first-order valence-corrected chi connectivity index (χ1v) is 15.1. The minimum absolute atomic E-state index is 0.0721. The Bertz CT molecular complexity index is 1670. The number of carbonyl (C=O) groups is 2. The van der Waals surface area contributed by atoms with Gasteiger partial charge >= 0.3 is 0 Å². The van der Waals surface area contributed by atoms with Crippen LogP contribution in [0.3, 0.4) is 0 Å². The van der Waals surface area contributed by atoms with Gasteiger partial charge in [-0.2, -0.15) is 0 Å². The molecule has 0 atom stereocenters. The molecule has 7 nitrogen and oxygen atoms in total. The summed E-state index contributed by atoms with van der Waals surface area (Å²) in [5, 5.41) is 7.29. The molecule has 0 bridgehead atoms. The summed E-state index contributed by atoms with van der Waals surface area (Å²) in [7, 11) is 0. The van der Waals surface area contributed by atoms with Gasteiger partial charge in [-0.05, 0) is 92.2 Å². The highest BCUT2D eigenvalue weighted by Crippen LogP contribution is 2.29. The Hall–Kier alpha value is -4.23. The van der Waals surface area contributed by atoms with Gasteiger partial charge in [0, 0.05) is 41.7 Å². The second-order valence-corrected chi connectivity index (χ2v) is 11.7. The highest BCUT2D eigenvalue weighted by molar-refractivity contribution is 6.07. The normalized spacial score (nSPS) is 15.5. The van der Waals surface area contributed by atoms with E-state index >= 15 is 0 Å². The maximum Gasteiger partial charge on any atom is 0.258 e. The molecule has 2 aliphatic rings. The second-order valence-electron chi connectivity index (χ2n) is 11.7. The third kappa shape index (κ3) is 6.31. The number of aromatic nitrogens is 1. The minimum atomic E-state index is -0.190. The Morgan fingerprint density at radius 3 is 2.43 bits per heavy atom. The van der Waals surface area contributed by atoms with E-state index < -0.39 is 0 Å². The molecule has 0 spiro atoms. The Kier molecular flexibility index (Phi) is 8.20. The molecule has 3 aromatic carbocycles. The number of piperidine rings is 1. The largest absolute Gasteiger partial charge is 0.351 e. The molecule has 2 fully saturated rings. The fraction of sp³-hybridized carbons (Fsp3) is 0.343. The first-order chi connectivity index (χ1) is 20.5. The van der Waals surface area contributed by atoms with Crippen LogP contribution in [0.5, 0.6) is 0 Å². The van der Waals surface area contributed by atoms with E-state index in [2.05, 4.69) is 15.5 Å². The number of likely N-dealkylation sites (tertiary alicyclic amines) is 1. The molecule has 1 saturated carbocycles. The summed E-state index contributed by atoms with van der Waals surface area (Å²) in [4.78, 5) is 42.5. The Balaban J connectivity index is 1.36. The summed E-state index contributed by atoms with van der Waals surface area (Å²) in [6.07, 6.45) is 7.43. The van der Waals surface area contributed by atoms with Crippen LogP contribution in [0.15, 0.2) is 77.7 Å². The molecule has 6 rings (SSSR count). The first-order valence-electron chi connectivity index (χ1n) is 15.1. The molecule has 42 heavy (non-hydrogen) atoms. The Morgan fingerprint density at radius 1 is 0.881 bits per heavy atom. The zero-order valence-corrected chi connectivity index (χ0v) is 24.2. The number of hydrogen-bond donors (Lipinski definition) is 2. The number of aryl methyl sites for hydroxylation is 1. The number of fused-ring (bicyclic) bond motifs is 1. The van der Waals surface area contributed by atoms with Crippen molar-refractivity contribution >= 4 is 22.6 Å². The summed E-state index contributed by atoms with van der Waals surface area (Å²) in [5.41, 5.74) is 4.72. The average molecular weight is 563 g/mol. The van der Waals surface area contributed by atoms with E-state index in [1.165, 1.54) is 19.3 Å². The lowest BCUT2D eigenvalue weighted by atomic mass is 9.94. The predicted molar refractivity (Wildman–Crippen MR) is 167 cm³/mol. The number of hydrogen-bond acceptors (Lipinski definition) is 4. The fourth-order valence-electron chi connectivity index (χ4n) is 5.81. The number of rotatable bonds is 9. The second kappa shape index (κ2) is 12.3. The van der Waals surface area contributed by atoms with Crippen molar-refractivity contribution < 1.29 is 9.59 Å². The molecule has 0 radical (unpaired) electrons. The Morgan fingerprint density at radius 2 is 1.67 bits per heavy atom. The molecule has 2 heterocycles. The van der Waals surface area contributed by atoms with Gasteiger partial charge in [-0.25, -0.2) is 0 Å². The zero-order chi connectivity index (χ0) is 29.1. The third-order valence-electron chi connectivity index (χ3n) is 8.41. The molecular formula is C35H38N4O3. The monoisotopic (exact) mass is 562 g/mol. The van der Waals surface area contributed by atoms with E-state index in [0.29, 0.717) is 35.0 Å². The van der Waals surface area contributed by atoms with Crippen LogP contribution in [-0.2, 0) is 6.54 Å². The topological polar surface area (TPSA) is 83.4 Å². The van der Waals surface area contributed by atoms with Crippen LogP contribution < -0.4 is 16.2 Å². The zero-order valence-electron chi connectivity index (χ0n) is 24.2. The van der Waals surface area contributed by atoms with Gasteiger partial charge in [0.1, 0.15) is 0 Å². The summed E-state index contributed by atoms with van der Waals surface area (Å²) < 4.78 is 1.63. The molecular weight excluding hydrogens is 524 g/mol.